The van der Waals surface area contributed by atoms with E-state index in [0.29, 0.717) is 25.4 Å². The van der Waals surface area contributed by atoms with Crippen LogP contribution in [0.3, 0.4) is 0 Å². The summed E-state index contributed by atoms with van der Waals surface area (Å²) >= 11 is 0. The number of para-hydroxylation sites is 1. The van der Waals surface area contributed by atoms with Crippen LogP contribution in [-0.4, -0.2) is 50.8 Å². The molecule has 2 aliphatic rings. The minimum Gasteiger partial charge on any atom is -0.492 e. The lowest BCUT2D eigenvalue weighted by atomic mass is 10.1. The predicted molar refractivity (Wildman–Crippen MR) is 126 cm³/mol. The Morgan fingerprint density at radius 2 is 1.88 bits per heavy atom. The number of carbonyl (C=O) groups excluding carboxylic acids is 2. The summed E-state index contributed by atoms with van der Waals surface area (Å²) in [5.41, 5.74) is 0.356. The lowest BCUT2D eigenvalue weighted by molar-refractivity contribution is -0.122. The zero-order chi connectivity index (χ0) is 24.3. The van der Waals surface area contributed by atoms with Crippen LogP contribution in [0.1, 0.15) is 32.6 Å². The minimum atomic E-state index is -3.71. The monoisotopic (exact) mass is 489 g/mol. The Bertz CT molecular complexity index is 1180. The highest BCUT2D eigenvalue weighted by atomic mass is 32.2. The summed E-state index contributed by atoms with van der Waals surface area (Å²) in [5, 5.41) is 2.74. The number of piperidine rings is 1. The van der Waals surface area contributed by atoms with Crippen LogP contribution in [0, 0.1) is 11.7 Å². The van der Waals surface area contributed by atoms with Crippen LogP contribution >= 0.6 is 0 Å². The third-order valence-electron chi connectivity index (χ3n) is 6.10. The fraction of sp³-hybridized carbons (Fsp3) is 0.417. The third kappa shape index (κ3) is 4.92. The largest absolute Gasteiger partial charge is 0.492 e. The van der Waals surface area contributed by atoms with Gasteiger partial charge in [0.15, 0.2) is 0 Å². The van der Waals surface area contributed by atoms with Crippen LogP contribution in [-0.2, 0) is 19.6 Å². The van der Waals surface area contributed by atoms with Crippen molar-refractivity contribution in [1.82, 2.24) is 4.31 Å². The van der Waals surface area contributed by atoms with Crippen molar-refractivity contribution in [2.24, 2.45) is 5.92 Å². The van der Waals surface area contributed by atoms with Gasteiger partial charge in [-0.2, -0.15) is 4.31 Å². The molecule has 0 spiro atoms. The molecule has 2 heterocycles. The first-order chi connectivity index (χ1) is 16.3. The Hall–Kier alpha value is -2.98. The summed E-state index contributed by atoms with van der Waals surface area (Å²) in [6.07, 6.45) is 2.55. The average Bonchev–Trinajstić information content (AvgIpc) is 3.22. The van der Waals surface area contributed by atoms with Crippen molar-refractivity contribution in [3.63, 3.8) is 0 Å². The molecule has 2 amide bonds. The lowest BCUT2D eigenvalue weighted by Crippen LogP contribution is -2.35. The number of halogens is 1. The smallest absolute Gasteiger partial charge is 0.243 e. The highest BCUT2D eigenvalue weighted by Gasteiger charge is 2.36. The molecule has 4 rings (SSSR count). The number of rotatable bonds is 7. The van der Waals surface area contributed by atoms with Gasteiger partial charge in [0.05, 0.1) is 28.8 Å². The zero-order valence-corrected chi connectivity index (χ0v) is 19.8. The lowest BCUT2D eigenvalue weighted by Gasteiger charge is -2.26. The van der Waals surface area contributed by atoms with Gasteiger partial charge in [-0.3, -0.25) is 9.59 Å². The second-order valence-electron chi connectivity index (χ2n) is 8.40. The quantitative estimate of drug-likeness (QED) is 0.643. The van der Waals surface area contributed by atoms with Crippen LogP contribution in [0.5, 0.6) is 5.75 Å². The molecule has 0 aliphatic carbocycles. The van der Waals surface area contributed by atoms with Gasteiger partial charge in [-0.1, -0.05) is 18.6 Å². The normalized spacial score (nSPS) is 19.3. The first-order valence-corrected chi connectivity index (χ1v) is 12.9. The van der Waals surface area contributed by atoms with Gasteiger partial charge in [0.1, 0.15) is 11.6 Å². The summed E-state index contributed by atoms with van der Waals surface area (Å²) in [4.78, 5) is 26.9. The van der Waals surface area contributed by atoms with Crippen molar-refractivity contribution < 1.29 is 27.1 Å². The van der Waals surface area contributed by atoms with E-state index in [-0.39, 0.29) is 35.1 Å². The van der Waals surface area contributed by atoms with Crippen molar-refractivity contribution in [2.45, 2.75) is 37.5 Å². The second-order valence-corrected chi connectivity index (χ2v) is 10.3. The van der Waals surface area contributed by atoms with Crippen LogP contribution in [0.4, 0.5) is 15.8 Å². The number of nitrogens with one attached hydrogen (secondary N) is 1. The summed E-state index contributed by atoms with van der Waals surface area (Å²) in [5.74, 6) is -1.73. The molecule has 1 N–H and O–H groups in total. The number of amides is 2. The van der Waals surface area contributed by atoms with Crippen molar-refractivity contribution in [2.75, 3.05) is 36.5 Å². The highest BCUT2D eigenvalue weighted by molar-refractivity contribution is 7.89. The highest BCUT2D eigenvalue weighted by Crippen LogP contribution is 2.32. The Morgan fingerprint density at radius 1 is 1.15 bits per heavy atom. The van der Waals surface area contributed by atoms with Crippen LogP contribution < -0.4 is 15.0 Å². The SMILES string of the molecule is CCOc1ccc(S(=O)(=O)N2CCCCC2)cc1NC(=O)C1CC(=O)N(c2ccccc2F)C1. The van der Waals surface area contributed by atoms with Crippen molar-refractivity contribution in [3.05, 3.63) is 48.3 Å². The number of sulfonamides is 1. The molecule has 2 fully saturated rings. The standard InChI is InChI=1S/C24H28FN3O5S/c1-2-33-22-11-10-18(34(31,32)27-12-6-3-7-13-27)15-20(22)26-24(30)17-14-23(29)28(16-17)21-9-5-4-8-19(21)25/h4-5,8-11,15,17H,2-3,6-7,12-14,16H2,1H3,(H,26,30). The number of benzene rings is 2. The first kappa shape index (κ1) is 24.2. The summed E-state index contributed by atoms with van der Waals surface area (Å²) in [7, 11) is -3.71. The predicted octanol–water partition coefficient (Wildman–Crippen LogP) is 3.39. The van der Waals surface area contributed by atoms with E-state index in [1.165, 1.54) is 45.6 Å². The van der Waals surface area contributed by atoms with E-state index >= 15 is 0 Å². The topological polar surface area (TPSA) is 96.0 Å². The molecule has 1 atom stereocenters. The number of nitrogens with zero attached hydrogens (tertiary/aromatic N) is 2. The van der Waals surface area contributed by atoms with E-state index in [1.54, 1.807) is 13.0 Å². The van der Waals surface area contributed by atoms with E-state index in [4.69, 9.17) is 4.74 Å². The van der Waals surface area contributed by atoms with Gasteiger partial charge in [-0.15, -0.1) is 0 Å². The molecule has 1 unspecified atom stereocenters. The molecule has 2 aliphatic heterocycles. The Balaban J connectivity index is 1.55. The average molecular weight is 490 g/mol. The molecular formula is C24H28FN3O5S. The number of hydrogen-bond donors (Lipinski definition) is 1. The van der Waals surface area contributed by atoms with Gasteiger partial charge in [-0.25, -0.2) is 12.8 Å². The van der Waals surface area contributed by atoms with Crippen molar-refractivity contribution in [1.29, 1.82) is 0 Å². The Kier molecular flexibility index (Phi) is 7.18. The van der Waals surface area contributed by atoms with Crippen LogP contribution in [0.2, 0.25) is 0 Å². The number of hydrogen-bond acceptors (Lipinski definition) is 5. The van der Waals surface area contributed by atoms with E-state index in [9.17, 15) is 22.4 Å². The molecule has 0 saturated carbocycles. The zero-order valence-electron chi connectivity index (χ0n) is 19.0. The molecular weight excluding hydrogens is 461 g/mol. The number of anilines is 2. The molecule has 10 heteroatoms. The Labute approximate surface area is 198 Å². The summed E-state index contributed by atoms with van der Waals surface area (Å²) in [6, 6.07) is 10.3. The maximum absolute atomic E-state index is 14.2. The molecule has 0 aromatic heterocycles. The van der Waals surface area contributed by atoms with Gasteiger partial charge < -0.3 is 15.0 Å². The van der Waals surface area contributed by atoms with Gasteiger partial charge in [-0.05, 0) is 50.1 Å². The van der Waals surface area contributed by atoms with E-state index in [2.05, 4.69) is 5.32 Å². The van der Waals surface area contributed by atoms with E-state index < -0.39 is 27.7 Å². The van der Waals surface area contributed by atoms with Gasteiger partial charge in [0.2, 0.25) is 21.8 Å². The molecule has 182 valence electrons. The molecule has 2 aromatic rings. The maximum atomic E-state index is 14.2. The van der Waals surface area contributed by atoms with E-state index in [1.807, 2.05) is 0 Å². The summed E-state index contributed by atoms with van der Waals surface area (Å²) < 4.78 is 47.4. The summed E-state index contributed by atoms with van der Waals surface area (Å²) in [6.45, 7) is 3.07. The fourth-order valence-corrected chi connectivity index (χ4v) is 5.87. The molecule has 8 nitrogen and oxygen atoms in total. The number of ether oxygens (including phenoxy) is 1. The third-order valence-corrected chi connectivity index (χ3v) is 8.00. The molecule has 0 radical (unpaired) electrons. The van der Waals surface area contributed by atoms with Crippen LogP contribution in [0.15, 0.2) is 47.4 Å². The van der Waals surface area contributed by atoms with Crippen molar-refractivity contribution in [3.8, 4) is 5.75 Å². The van der Waals surface area contributed by atoms with Gasteiger partial charge in [0, 0.05) is 26.1 Å². The minimum absolute atomic E-state index is 0.0291. The van der Waals surface area contributed by atoms with Crippen molar-refractivity contribution >= 4 is 33.2 Å². The van der Waals surface area contributed by atoms with Crippen LogP contribution in [0.25, 0.3) is 0 Å². The molecule has 0 bridgehead atoms. The van der Waals surface area contributed by atoms with Gasteiger partial charge >= 0.3 is 0 Å². The maximum Gasteiger partial charge on any atom is 0.243 e. The molecule has 2 saturated heterocycles. The molecule has 34 heavy (non-hydrogen) atoms. The number of carbonyl (C=O) groups is 2. The fourth-order valence-electron chi connectivity index (χ4n) is 4.32. The molecule has 2 aromatic carbocycles. The van der Waals surface area contributed by atoms with E-state index in [0.717, 1.165) is 19.3 Å². The Morgan fingerprint density at radius 3 is 2.59 bits per heavy atom. The van der Waals surface area contributed by atoms with Gasteiger partial charge in [0.25, 0.3) is 0 Å². The second kappa shape index (κ2) is 10.1. The first-order valence-electron chi connectivity index (χ1n) is 11.4.